The third kappa shape index (κ3) is 2.30. The molecule has 2 rings (SSSR count). The SMILES string of the molecule is COc1cc(F)cc(C2CCNCC2)c1Cl. The van der Waals surface area contributed by atoms with Crippen LogP contribution in [0.5, 0.6) is 5.75 Å². The summed E-state index contributed by atoms with van der Waals surface area (Å²) < 4.78 is 18.5. The van der Waals surface area contributed by atoms with Gasteiger partial charge in [0.15, 0.2) is 0 Å². The smallest absolute Gasteiger partial charge is 0.140 e. The number of rotatable bonds is 2. The van der Waals surface area contributed by atoms with E-state index in [1.54, 1.807) is 0 Å². The summed E-state index contributed by atoms with van der Waals surface area (Å²) in [4.78, 5) is 0. The van der Waals surface area contributed by atoms with Gasteiger partial charge in [0.1, 0.15) is 11.6 Å². The zero-order valence-electron chi connectivity index (χ0n) is 9.22. The molecule has 88 valence electrons. The van der Waals surface area contributed by atoms with E-state index >= 15 is 0 Å². The predicted molar refractivity (Wildman–Crippen MR) is 62.8 cm³/mol. The van der Waals surface area contributed by atoms with Gasteiger partial charge in [-0.25, -0.2) is 4.39 Å². The van der Waals surface area contributed by atoms with Gasteiger partial charge in [0.05, 0.1) is 12.1 Å². The van der Waals surface area contributed by atoms with Crippen LogP contribution in [0.1, 0.15) is 24.3 Å². The van der Waals surface area contributed by atoms with E-state index in [-0.39, 0.29) is 5.82 Å². The van der Waals surface area contributed by atoms with Gasteiger partial charge >= 0.3 is 0 Å². The lowest BCUT2D eigenvalue weighted by Crippen LogP contribution is -2.26. The van der Waals surface area contributed by atoms with Gasteiger partial charge in [-0.2, -0.15) is 0 Å². The van der Waals surface area contributed by atoms with Gasteiger partial charge in [-0.15, -0.1) is 0 Å². The van der Waals surface area contributed by atoms with Gasteiger partial charge < -0.3 is 10.1 Å². The average Bonchev–Trinajstić information content (AvgIpc) is 2.33. The Morgan fingerprint density at radius 2 is 2.06 bits per heavy atom. The van der Waals surface area contributed by atoms with E-state index < -0.39 is 0 Å². The summed E-state index contributed by atoms with van der Waals surface area (Å²) in [5.41, 5.74) is 0.875. The zero-order chi connectivity index (χ0) is 11.5. The molecule has 1 aliphatic rings. The molecule has 2 nitrogen and oxygen atoms in total. The summed E-state index contributed by atoms with van der Waals surface area (Å²) >= 11 is 6.20. The van der Waals surface area contributed by atoms with Crippen molar-refractivity contribution in [3.63, 3.8) is 0 Å². The summed E-state index contributed by atoms with van der Waals surface area (Å²) in [6, 6.07) is 2.85. The van der Waals surface area contributed by atoms with Crippen LogP contribution in [-0.2, 0) is 0 Å². The first-order chi connectivity index (χ1) is 7.72. The first-order valence-corrected chi connectivity index (χ1v) is 5.84. The molecule has 0 radical (unpaired) electrons. The van der Waals surface area contributed by atoms with Gasteiger partial charge in [0.25, 0.3) is 0 Å². The van der Waals surface area contributed by atoms with Crippen molar-refractivity contribution in [1.82, 2.24) is 5.32 Å². The molecule has 0 amide bonds. The highest BCUT2D eigenvalue weighted by Crippen LogP contribution is 2.37. The van der Waals surface area contributed by atoms with E-state index in [1.165, 1.54) is 19.2 Å². The van der Waals surface area contributed by atoms with Crippen molar-refractivity contribution in [3.05, 3.63) is 28.5 Å². The maximum atomic E-state index is 13.4. The minimum absolute atomic E-state index is 0.283. The lowest BCUT2D eigenvalue weighted by atomic mass is 9.90. The van der Waals surface area contributed by atoms with Crippen LogP contribution in [-0.4, -0.2) is 20.2 Å². The Balaban J connectivity index is 2.34. The Morgan fingerprint density at radius 3 is 2.69 bits per heavy atom. The maximum Gasteiger partial charge on any atom is 0.140 e. The first-order valence-electron chi connectivity index (χ1n) is 5.46. The Kier molecular flexibility index (Phi) is 3.66. The summed E-state index contributed by atoms with van der Waals surface area (Å²) in [6.45, 7) is 1.92. The Bertz CT molecular complexity index is 378. The topological polar surface area (TPSA) is 21.3 Å². The lowest BCUT2D eigenvalue weighted by molar-refractivity contribution is 0.407. The van der Waals surface area contributed by atoms with Crippen LogP contribution in [0.4, 0.5) is 4.39 Å². The number of methoxy groups -OCH3 is 1. The fourth-order valence-electron chi connectivity index (χ4n) is 2.16. The molecule has 0 bridgehead atoms. The van der Waals surface area contributed by atoms with Gasteiger partial charge in [-0.3, -0.25) is 0 Å². The summed E-state index contributed by atoms with van der Waals surface area (Å²) in [5, 5.41) is 3.83. The van der Waals surface area contributed by atoms with Crippen molar-refractivity contribution >= 4 is 11.6 Å². The van der Waals surface area contributed by atoms with E-state index in [9.17, 15) is 4.39 Å². The monoisotopic (exact) mass is 243 g/mol. The molecule has 0 aromatic heterocycles. The summed E-state index contributed by atoms with van der Waals surface area (Å²) in [7, 11) is 1.51. The molecular formula is C12H15ClFNO. The van der Waals surface area contributed by atoms with E-state index in [1.807, 2.05) is 0 Å². The molecule has 16 heavy (non-hydrogen) atoms. The molecule has 1 N–H and O–H groups in total. The Labute approximate surface area is 99.7 Å². The first kappa shape index (κ1) is 11.7. The summed E-state index contributed by atoms with van der Waals surface area (Å²) in [5.74, 6) is 0.475. The average molecular weight is 244 g/mol. The van der Waals surface area contributed by atoms with Crippen molar-refractivity contribution in [2.75, 3.05) is 20.2 Å². The van der Waals surface area contributed by atoms with Gasteiger partial charge in [0, 0.05) is 6.07 Å². The number of piperidine rings is 1. The number of benzene rings is 1. The largest absolute Gasteiger partial charge is 0.495 e. The molecule has 0 aliphatic carbocycles. The molecular weight excluding hydrogens is 229 g/mol. The Morgan fingerprint density at radius 1 is 1.38 bits per heavy atom. The highest BCUT2D eigenvalue weighted by atomic mass is 35.5. The van der Waals surface area contributed by atoms with E-state index in [0.717, 1.165) is 31.5 Å². The minimum Gasteiger partial charge on any atom is -0.495 e. The number of ether oxygens (including phenoxy) is 1. The van der Waals surface area contributed by atoms with Crippen molar-refractivity contribution < 1.29 is 9.13 Å². The molecule has 1 fully saturated rings. The second-order valence-electron chi connectivity index (χ2n) is 4.04. The Hall–Kier alpha value is -0.800. The highest BCUT2D eigenvalue weighted by Gasteiger charge is 2.20. The van der Waals surface area contributed by atoms with Crippen LogP contribution in [0.3, 0.4) is 0 Å². The molecule has 1 aromatic carbocycles. The maximum absolute atomic E-state index is 13.4. The van der Waals surface area contributed by atoms with Crippen LogP contribution >= 0.6 is 11.6 Å². The molecule has 0 unspecified atom stereocenters. The van der Waals surface area contributed by atoms with Gasteiger partial charge in [-0.1, -0.05) is 11.6 Å². The lowest BCUT2D eigenvalue weighted by Gasteiger charge is -2.24. The predicted octanol–water partition coefficient (Wildman–Crippen LogP) is 2.95. The highest BCUT2D eigenvalue weighted by molar-refractivity contribution is 6.32. The fraction of sp³-hybridized carbons (Fsp3) is 0.500. The standard InChI is InChI=1S/C12H15ClFNO/c1-16-11-7-9(14)6-10(12(11)13)8-2-4-15-5-3-8/h6-8,15H,2-5H2,1H3. The quantitative estimate of drug-likeness (QED) is 0.862. The van der Waals surface area contributed by atoms with Crippen LogP contribution in [0.25, 0.3) is 0 Å². The minimum atomic E-state index is -0.283. The molecule has 1 aromatic rings. The van der Waals surface area contributed by atoms with Crippen LogP contribution in [0.15, 0.2) is 12.1 Å². The third-order valence-electron chi connectivity index (χ3n) is 3.03. The van der Waals surface area contributed by atoms with Crippen molar-refractivity contribution in [1.29, 1.82) is 0 Å². The molecule has 4 heteroatoms. The van der Waals surface area contributed by atoms with Gasteiger partial charge in [-0.05, 0) is 43.5 Å². The molecule has 0 atom stereocenters. The summed E-state index contributed by atoms with van der Waals surface area (Å²) in [6.07, 6.45) is 1.98. The van der Waals surface area contributed by atoms with Crippen molar-refractivity contribution in [3.8, 4) is 5.75 Å². The molecule has 0 spiro atoms. The number of hydrogen-bond acceptors (Lipinski definition) is 2. The second kappa shape index (κ2) is 5.02. The second-order valence-corrected chi connectivity index (χ2v) is 4.41. The number of hydrogen-bond donors (Lipinski definition) is 1. The van der Waals surface area contributed by atoms with E-state index in [4.69, 9.17) is 16.3 Å². The molecule has 1 heterocycles. The van der Waals surface area contributed by atoms with Crippen molar-refractivity contribution in [2.45, 2.75) is 18.8 Å². The van der Waals surface area contributed by atoms with Crippen LogP contribution in [0.2, 0.25) is 5.02 Å². The number of nitrogens with one attached hydrogen (secondary N) is 1. The van der Waals surface area contributed by atoms with Crippen molar-refractivity contribution in [2.24, 2.45) is 0 Å². The fourth-order valence-corrected chi connectivity index (χ4v) is 2.50. The zero-order valence-corrected chi connectivity index (χ0v) is 9.98. The van der Waals surface area contributed by atoms with E-state index in [2.05, 4.69) is 5.32 Å². The molecule has 1 saturated heterocycles. The third-order valence-corrected chi connectivity index (χ3v) is 3.44. The molecule has 0 saturated carbocycles. The van der Waals surface area contributed by atoms with Crippen LogP contribution in [0, 0.1) is 5.82 Å². The normalized spacial score (nSPS) is 17.4. The van der Waals surface area contributed by atoms with E-state index in [0.29, 0.717) is 16.7 Å². The van der Waals surface area contributed by atoms with Gasteiger partial charge in [0.2, 0.25) is 0 Å². The number of halogens is 2. The van der Waals surface area contributed by atoms with Crippen LogP contribution < -0.4 is 10.1 Å². The molecule has 1 aliphatic heterocycles.